The summed E-state index contributed by atoms with van der Waals surface area (Å²) < 4.78 is 32.6. The third kappa shape index (κ3) is 4.33. The molecule has 0 spiro atoms. The van der Waals surface area contributed by atoms with Gasteiger partial charge in [0.1, 0.15) is 0 Å². The molecule has 7 nitrogen and oxygen atoms in total. The second-order valence-electron chi connectivity index (χ2n) is 8.16. The summed E-state index contributed by atoms with van der Waals surface area (Å²) in [6, 6.07) is 5.42. The molecule has 1 aliphatic heterocycles. The van der Waals surface area contributed by atoms with E-state index in [0.29, 0.717) is 18.0 Å². The molecule has 0 unspecified atom stereocenters. The number of benzene rings is 1. The molecule has 1 aromatic carbocycles. The maximum Gasteiger partial charge on any atom is 0.309 e. The topological polar surface area (TPSA) is 84.0 Å². The smallest absolute Gasteiger partial charge is 0.309 e. The van der Waals surface area contributed by atoms with Crippen LogP contribution in [0.1, 0.15) is 43.2 Å². The van der Waals surface area contributed by atoms with Gasteiger partial charge < -0.3 is 9.64 Å². The number of amides is 1. The Hall–Kier alpha value is -1.93. The average Bonchev–Trinajstić information content (AvgIpc) is 3.43. The van der Waals surface area contributed by atoms with Crippen LogP contribution in [-0.2, 0) is 37.2 Å². The lowest BCUT2D eigenvalue weighted by Crippen LogP contribution is -2.51. The van der Waals surface area contributed by atoms with Crippen molar-refractivity contribution in [3.63, 3.8) is 0 Å². The summed E-state index contributed by atoms with van der Waals surface area (Å²) in [5.41, 5.74) is 2.37. The van der Waals surface area contributed by atoms with Crippen molar-refractivity contribution in [2.24, 2.45) is 5.92 Å². The fourth-order valence-electron chi connectivity index (χ4n) is 4.54. The monoisotopic (exact) mass is 420 g/mol. The SMILES string of the molecule is O=C(OCC(=O)N1CCN(S(=O)(=O)c2ccc3c(c2)CCC3)CC1)C1CCCC1. The first-order chi connectivity index (χ1) is 13.9. The summed E-state index contributed by atoms with van der Waals surface area (Å²) >= 11 is 0. The molecular formula is C21H28N2O5S. The van der Waals surface area contributed by atoms with Crippen LogP contribution in [0.25, 0.3) is 0 Å². The minimum atomic E-state index is -3.56. The van der Waals surface area contributed by atoms with Gasteiger partial charge in [-0.05, 0) is 55.4 Å². The van der Waals surface area contributed by atoms with Crippen molar-refractivity contribution < 1.29 is 22.7 Å². The molecule has 0 atom stereocenters. The van der Waals surface area contributed by atoms with E-state index in [1.165, 1.54) is 9.87 Å². The number of hydrogen-bond donors (Lipinski definition) is 0. The van der Waals surface area contributed by atoms with Crippen molar-refractivity contribution in [2.45, 2.75) is 49.8 Å². The molecule has 0 N–H and O–H groups in total. The van der Waals surface area contributed by atoms with Crippen LogP contribution in [0.3, 0.4) is 0 Å². The Bertz CT molecular complexity index is 884. The van der Waals surface area contributed by atoms with E-state index in [1.807, 2.05) is 6.07 Å². The van der Waals surface area contributed by atoms with Crippen LogP contribution in [0.5, 0.6) is 0 Å². The summed E-state index contributed by atoms with van der Waals surface area (Å²) in [4.78, 5) is 26.2. The molecule has 1 saturated heterocycles. The molecule has 3 aliphatic rings. The van der Waals surface area contributed by atoms with Crippen molar-refractivity contribution >= 4 is 21.9 Å². The number of carbonyl (C=O) groups is 2. The van der Waals surface area contributed by atoms with Crippen LogP contribution in [0.4, 0.5) is 0 Å². The Morgan fingerprint density at radius 3 is 2.38 bits per heavy atom. The Morgan fingerprint density at radius 1 is 0.966 bits per heavy atom. The van der Waals surface area contributed by atoms with Crippen LogP contribution < -0.4 is 0 Å². The van der Waals surface area contributed by atoms with Crippen LogP contribution >= 0.6 is 0 Å². The summed E-state index contributed by atoms with van der Waals surface area (Å²) in [5.74, 6) is -0.614. The lowest BCUT2D eigenvalue weighted by atomic mass is 10.1. The van der Waals surface area contributed by atoms with E-state index >= 15 is 0 Å². The fraction of sp³-hybridized carbons (Fsp3) is 0.619. The number of rotatable bonds is 5. The molecule has 0 aromatic heterocycles. The normalized spacial score (nSPS) is 20.6. The lowest BCUT2D eigenvalue weighted by Gasteiger charge is -2.34. The molecule has 0 bridgehead atoms. The van der Waals surface area contributed by atoms with Gasteiger partial charge >= 0.3 is 5.97 Å². The highest BCUT2D eigenvalue weighted by atomic mass is 32.2. The van der Waals surface area contributed by atoms with E-state index in [-0.39, 0.29) is 37.5 Å². The van der Waals surface area contributed by atoms with Crippen LogP contribution in [-0.4, -0.2) is 62.3 Å². The van der Waals surface area contributed by atoms with E-state index in [4.69, 9.17) is 4.74 Å². The van der Waals surface area contributed by atoms with Crippen molar-refractivity contribution in [3.05, 3.63) is 29.3 Å². The van der Waals surface area contributed by atoms with Gasteiger partial charge in [-0.2, -0.15) is 4.31 Å². The number of esters is 1. The van der Waals surface area contributed by atoms with Gasteiger partial charge in [0, 0.05) is 26.2 Å². The zero-order valence-corrected chi connectivity index (χ0v) is 17.5. The van der Waals surface area contributed by atoms with E-state index < -0.39 is 10.0 Å². The Kier molecular flexibility index (Phi) is 5.92. The number of carbonyl (C=O) groups excluding carboxylic acids is 2. The van der Waals surface area contributed by atoms with Crippen molar-refractivity contribution in [1.29, 1.82) is 0 Å². The van der Waals surface area contributed by atoms with E-state index in [9.17, 15) is 18.0 Å². The number of aryl methyl sites for hydroxylation is 2. The summed E-state index contributed by atoms with van der Waals surface area (Å²) in [6.07, 6.45) is 6.77. The predicted molar refractivity (Wildman–Crippen MR) is 107 cm³/mol. The molecule has 1 heterocycles. The number of sulfonamides is 1. The van der Waals surface area contributed by atoms with Crippen LogP contribution in [0.15, 0.2) is 23.1 Å². The quantitative estimate of drug-likeness (QED) is 0.678. The molecule has 2 aliphatic carbocycles. The Morgan fingerprint density at radius 2 is 1.66 bits per heavy atom. The molecule has 1 aromatic rings. The fourth-order valence-corrected chi connectivity index (χ4v) is 6.01. The molecule has 8 heteroatoms. The minimum Gasteiger partial charge on any atom is -0.455 e. The van der Waals surface area contributed by atoms with Crippen LogP contribution in [0.2, 0.25) is 0 Å². The summed E-state index contributed by atoms with van der Waals surface area (Å²) in [6.45, 7) is 0.865. The van der Waals surface area contributed by atoms with Crippen LogP contribution in [0, 0.1) is 5.92 Å². The Labute approximate surface area is 172 Å². The molecule has 0 radical (unpaired) electrons. The van der Waals surface area contributed by atoms with Gasteiger partial charge in [-0.25, -0.2) is 8.42 Å². The largest absolute Gasteiger partial charge is 0.455 e. The van der Waals surface area contributed by atoms with Crippen molar-refractivity contribution in [2.75, 3.05) is 32.8 Å². The first kappa shape index (κ1) is 20.3. The van der Waals surface area contributed by atoms with Gasteiger partial charge in [0.15, 0.2) is 6.61 Å². The highest BCUT2D eigenvalue weighted by molar-refractivity contribution is 7.89. The maximum atomic E-state index is 13.0. The van der Waals surface area contributed by atoms with E-state index in [0.717, 1.165) is 50.5 Å². The molecule has 158 valence electrons. The molecule has 1 amide bonds. The zero-order chi connectivity index (χ0) is 20.4. The van der Waals surface area contributed by atoms with Crippen molar-refractivity contribution in [1.82, 2.24) is 9.21 Å². The zero-order valence-electron chi connectivity index (χ0n) is 16.6. The minimum absolute atomic E-state index is 0.0721. The summed E-state index contributed by atoms with van der Waals surface area (Å²) in [7, 11) is -3.56. The summed E-state index contributed by atoms with van der Waals surface area (Å²) in [5, 5.41) is 0. The molecule has 29 heavy (non-hydrogen) atoms. The average molecular weight is 421 g/mol. The third-order valence-corrected chi connectivity index (χ3v) is 8.22. The number of fused-ring (bicyclic) bond motifs is 1. The van der Waals surface area contributed by atoms with Gasteiger partial charge in [-0.1, -0.05) is 18.9 Å². The standard InChI is InChI=1S/C21H28N2O5S/c24-20(15-28-21(25)17-4-1-2-5-17)22-10-12-23(13-11-22)29(26,27)19-9-8-16-6-3-7-18(16)14-19/h8-9,14,17H,1-7,10-13,15H2. The van der Waals surface area contributed by atoms with E-state index in [1.54, 1.807) is 17.0 Å². The molecular weight excluding hydrogens is 392 g/mol. The third-order valence-electron chi connectivity index (χ3n) is 6.33. The molecule has 4 rings (SSSR count). The van der Waals surface area contributed by atoms with E-state index in [2.05, 4.69) is 0 Å². The van der Waals surface area contributed by atoms with Gasteiger partial charge in [-0.3, -0.25) is 9.59 Å². The predicted octanol–water partition coefficient (Wildman–Crippen LogP) is 1.74. The number of piperazine rings is 1. The first-order valence-electron chi connectivity index (χ1n) is 10.5. The highest BCUT2D eigenvalue weighted by Gasteiger charge is 2.31. The maximum absolute atomic E-state index is 13.0. The number of ether oxygens (including phenoxy) is 1. The van der Waals surface area contributed by atoms with Crippen molar-refractivity contribution in [3.8, 4) is 0 Å². The molecule has 2 fully saturated rings. The highest BCUT2D eigenvalue weighted by Crippen LogP contribution is 2.27. The number of nitrogens with zero attached hydrogens (tertiary/aromatic N) is 2. The van der Waals surface area contributed by atoms with Gasteiger partial charge in [-0.15, -0.1) is 0 Å². The second-order valence-corrected chi connectivity index (χ2v) is 10.1. The number of hydrogen-bond acceptors (Lipinski definition) is 5. The second kappa shape index (κ2) is 8.44. The van der Waals surface area contributed by atoms with Gasteiger partial charge in [0.2, 0.25) is 10.0 Å². The Balaban J connectivity index is 1.30. The molecule has 1 saturated carbocycles. The first-order valence-corrected chi connectivity index (χ1v) is 12.0. The van der Waals surface area contributed by atoms with Gasteiger partial charge in [0.05, 0.1) is 10.8 Å². The van der Waals surface area contributed by atoms with Gasteiger partial charge in [0.25, 0.3) is 5.91 Å². The lowest BCUT2D eigenvalue weighted by molar-refractivity contribution is -0.155.